The second-order valence-electron chi connectivity index (χ2n) is 5.36. The summed E-state index contributed by atoms with van der Waals surface area (Å²) in [6.07, 6.45) is 1.02. The third-order valence-corrected chi connectivity index (χ3v) is 3.73. The topological polar surface area (TPSA) is 9.23 Å². The summed E-state index contributed by atoms with van der Waals surface area (Å²) < 4.78 is 5.91. The number of aryl methyl sites for hydroxylation is 1. The summed E-state index contributed by atoms with van der Waals surface area (Å²) in [7, 11) is 0. The minimum Gasteiger partial charge on any atom is -0.493 e. The van der Waals surface area contributed by atoms with Crippen molar-refractivity contribution < 1.29 is 4.74 Å². The molecule has 0 aromatic heterocycles. The van der Waals surface area contributed by atoms with Gasteiger partial charge in [-0.25, -0.2) is 0 Å². The van der Waals surface area contributed by atoms with Gasteiger partial charge in [0.1, 0.15) is 5.75 Å². The SMILES string of the molecule is CCCOc1ccccc1-c1cc2ccccc2cc1C. The summed E-state index contributed by atoms with van der Waals surface area (Å²) >= 11 is 0. The number of benzene rings is 3. The molecule has 0 amide bonds. The van der Waals surface area contributed by atoms with E-state index in [2.05, 4.69) is 68.4 Å². The largest absolute Gasteiger partial charge is 0.493 e. The van der Waals surface area contributed by atoms with Crippen LogP contribution in [-0.4, -0.2) is 6.61 Å². The van der Waals surface area contributed by atoms with Gasteiger partial charge < -0.3 is 4.74 Å². The molecule has 0 heterocycles. The molecule has 0 bridgehead atoms. The van der Waals surface area contributed by atoms with Crippen molar-refractivity contribution in [3.05, 3.63) is 66.2 Å². The van der Waals surface area contributed by atoms with Gasteiger partial charge in [0.2, 0.25) is 0 Å². The van der Waals surface area contributed by atoms with E-state index in [0.29, 0.717) is 0 Å². The van der Waals surface area contributed by atoms with Crippen molar-refractivity contribution in [1.29, 1.82) is 0 Å². The quantitative estimate of drug-likeness (QED) is 0.602. The van der Waals surface area contributed by atoms with Crippen molar-refractivity contribution in [3.8, 4) is 16.9 Å². The van der Waals surface area contributed by atoms with Gasteiger partial charge in [0.15, 0.2) is 0 Å². The van der Waals surface area contributed by atoms with E-state index in [0.717, 1.165) is 18.8 Å². The normalized spacial score (nSPS) is 10.8. The highest BCUT2D eigenvalue weighted by Crippen LogP contribution is 2.34. The van der Waals surface area contributed by atoms with Crippen LogP contribution in [0.1, 0.15) is 18.9 Å². The van der Waals surface area contributed by atoms with Crippen molar-refractivity contribution in [2.24, 2.45) is 0 Å². The van der Waals surface area contributed by atoms with Gasteiger partial charge in [-0.1, -0.05) is 55.5 Å². The number of hydrogen-bond acceptors (Lipinski definition) is 1. The predicted octanol–water partition coefficient (Wildman–Crippen LogP) is 5.60. The number of para-hydroxylation sites is 1. The summed E-state index contributed by atoms with van der Waals surface area (Å²) in [5.74, 6) is 0.970. The summed E-state index contributed by atoms with van der Waals surface area (Å²) in [5, 5.41) is 2.55. The van der Waals surface area contributed by atoms with Gasteiger partial charge in [-0.15, -0.1) is 0 Å². The fourth-order valence-electron chi connectivity index (χ4n) is 2.67. The maximum atomic E-state index is 5.91. The Hall–Kier alpha value is -2.28. The molecule has 0 aliphatic carbocycles. The lowest BCUT2D eigenvalue weighted by Gasteiger charge is -2.14. The van der Waals surface area contributed by atoms with E-state index in [-0.39, 0.29) is 0 Å². The summed E-state index contributed by atoms with van der Waals surface area (Å²) in [6, 6.07) is 21.3. The van der Waals surface area contributed by atoms with Gasteiger partial charge in [-0.3, -0.25) is 0 Å². The highest BCUT2D eigenvalue weighted by Gasteiger charge is 2.09. The molecule has 0 saturated heterocycles. The van der Waals surface area contributed by atoms with E-state index in [4.69, 9.17) is 4.74 Å². The van der Waals surface area contributed by atoms with Crippen LogP contribution in [0.25, 0.3) is 21.9 Å². The van der Waals surface area contributed by atoms with E-state index in [9.17, 15) is 0 Å². The molecule has 0 unspecified atom stereocenters. The third kappa shape index (κ3) is 2.78. The zero-order valence-corrected chi connectivity index (χ0v) is 12.6. The van der Waals surface area contributed by atoms with Gasteiger partial charge in [0.25, 0.3) is 0 Å². The first-order valence-electron chi connectivity index (χ1n) is 7.51. The monoisotopic (exact) mass is 276 g/mol. The Morgan fingerprint density at radius 1 is 0.810 bits per heavy atom. The molecule has 3 aromatic carbocycles. The Morgan fingerprint density at radius 2 is 1.48 bits per heavy atom. The molecule has 0 atom stereocenters. The van der Waals surface area contributed by atoms with Crippen molar-refractivity contribution in [1.82, 2.24) is 0 Å². The highest BCUT2D eigenvalue weighted by atomic mass is 16.5. The van der Waals surface area contributed by atoms with Crippen LogP contribution in [0.4, 0.5) is 0 Å². The van der Waals surface area contributed by atoms with E-state index in [1.165, 1.54) is 27.5 Å². The van der Waals surface area contributed by atoms with Crippen molar-refractivity contribution in [2.45, 2.75) is 20.3 Å². The molecular formula is C20H20O. The smallest absolute Gasteiger partial charge is 0.127 e. The number of fused-ring (bicyclic) bond motifs is 1. The number of ether oxygens (including phenoxy) is 1. The average molecular weight is 276 g/mol. The first kappa shape index (κ1) is 13.7. The lowest BCUT2D eigenvalue weighted by molar-refractivity contribution is 0.318. The zero-order chi connectivity index (χ0) is 14.7. The maximum Gasteiger partial charge on any atom is 0.127 e. The Kier molecular flexibility index (Phi) is 3.92. The minimum atomic E-state index is 0.754. The van der Waals surface area contributed by atoms with Crippen molar-refractivity contribution in [2.75, 3.05) is 6.61 Å². The molecule has 3 rings (SSSR count). The molecule has 1 nitrogen and oxygen atoms in total. The van der Waals surface area contributed by atoms with Gasteiger partial charge in [0, 0.05) is 5.56 Å². The number of rotatable bonds is 4. The second kappa shape index (κ2) is 6.01. The molecule has 0 N–H and O–H groups in total. The average Bonchev–Trinajstić information content (AvgIpc) is 2.52. The Labute approximate surface area is 126 Å². The summed E-state index contributed by atoms with van der Waals surface area (Å²) in [5.41, 5.74) is 3.70. The standard InChI is InChI=1S/C20H20O/c1-3-12-21-20-11-7-6-10-18(20)19-14-17-9-5-4-8-16(17)13-15(19)2/h4-11,13-14H,3,12H2,1-2H3. The van der Waals surface area contributed by atoms with E-state index >= 15 is 0 Å². The molecule has 0 fully saturated rings. The van der Waals surface area contributed by atoms with Gasteiger partial charge in [-0.2, -0.15) is 0 Å². The van der Waals surface area contributed by atoms with Crippen LogP contribution in [0.2, 0.25) is 0 Å². The first-order chi connectivity index (χ1) is 10.3. The van der Waals surface area contributed by atoms with Gasteiger partial charge in [0.05, 0.1) is 6.61 Å². The molecule has 0 aliphatic rings. The molecule has 1 heteroatoms. The Balaban J connectivity index is 2.13. The van der Waals surface area contributed by atoms with Crippen LogP contribution in [0.15, 0.2) is 60.7 Å². The summed E-state index contributed by atoms with van der Waals surface area (Å²) in [4.78, 5) is 0. The predicted molar refractivity (Wildman–Crippen MR) is 89.9 cm³/mol. The van der Waals surface area contributed by atoms with E-state index < -0.39 is 0 Å². The molecular weight excluding hydrogens is 256 g/mol. The van der Waals surface area contributed by atoms with Crippen LogP contribution < -0.4 is 4.74 Å². The van der Waals surface area contributed by atoms with E-state index in [1.54, 1.807) is 0 Å². The molecule has 106 valence electrons. The molecule has 0 spiro atoms. The van der Waals surface area contributed by atoms with Crippen LogP contribution in [0, 0.1) is 6.92 Å². The molecule has 21 heavy (non-hydrogen) atoms. The molecule has 0 aliphatic heterocycles. The zero-order valence-electron chi connectivity index (χ0n) is 12.6. The maximum absolute atomic E-state index is 5.91. The Bertz CT molecular complexity index is 759. The minimum absolute atomic E-state index is 0.754. The van der Waals surface area contributed by atoms with Crippen molar-refractivity contribution >= 4 is 10.8 Å². The Morgan fingerprint density at radius 3 is 2.24 bits per heavy atom. The number of hydrogen-bond donors (Lipinski definition) is 0. The molecule has 0 saturated carbocycles. The van der Waals surface area contributed by atoms with Crippen LogP contribution >= 0.6 is 0 Å². The lowest BCUT2D eigenvalue weighted by atomic mass is 9.96. The first-order valence-corrected chi connectivity index (χ1v) is 7.51. The lowest BCUT2D eigenvalue weighted by Crippen LogP contribution is -1.97. The third-order valence-electron chi connectivity index (χ3n) is 3.73. The van der Waals surface area contributed by atoms with Gasteiger partial charge in [-0.05, 0) is 47.4 Å². The second-order valence-corrected chi connectivity index (χ2v) is 5.36. The van der Waals surface area contributed by atoms with Crippen molar-refractivity contribution in [3.63, 3.8) is 0 Å². The van der Waals surface area contributed by atoms with E-state index in [1.807, 2.05) is 6.07 Å². The van der Waals surface area contributed by atoms with Crippen LogP contribution in [0.5, 0.6) is 5.75 Å². The van der Waals surface area contributed by atoms with Gasteiger partial charge >= 0.3 is 0 Å². The van der Waals surface area contributed by atoms with Crippen LogP contribution in [-0.2, 0) is 0 Å². The fraction of sp³-hybridized carbons (Fsp3) is 0.200. The molecule has 3 aromatic rings. The van der Waals surface area contributed by atoms with Crippen LogP contribution in [0.3, 0.4) is 0 Å². The fourth-order valence-corrected chi connectivity index (χ4v) is 2.67. The summed E-state index contributed by atoms with van der Waals surface area (Å²) in [6.45, 7) is 5.05. The highest BCUT2D eigenvalue weighted by molar-refractivity contribution is 5.90. The molecule has 0 radical (unpaired) electrons.